The zero-order valence-electron chi connectivity index (χ0n) is 6.12. The molecule has 10 heavy (non-hydrogen) atoms. The topological polar surface area (TPSA) is 54.0 Å². The number of hydrogen-bond donors (Lipinski definition) is 0. The molecule has 0 unspecified atom stereocenters. The van der Waals surface area contributed by atoms with E-state index < -0.39 is 12.6 Å². The number of ether oxygens (including phenoxy) is 4. The lowest BCUT2D eigenvalue weighted by Gasteiger charge is -2.11. The highest BCUT2D eigenvalue weighted by Crippen LogP contribution is 1.94. The van der Waals surface area contributed by atoms with Crippen LogP contribution in [0.2, 0.25) is 0 Å². The van der Waals surface area contributed by atoms with Crippen molar-refractivity contribution >= 4 is 6.16 Å². The Hall–Kier alpha value is -0.810. The molecule has 60 valence electrons. The molecule has 0 aliphatic carbocycles. The van der Waals surface area contributed by atoms with Crippen molar-refractivity contribution in [3.05, 3.63) is 0 Å². The second-order valence-electron chi connectivity index (χ2n) is 1.33. The molecule has 0 aliphatic rings. The first-order valence-corrected chi connectivity index (χ1v) is 2.54. The summed E-state index contributed by atoms with van der Waals surface area (Å²) in [4.78, 5) is 10.3. The molecule has 5 heteroatoms. The molecule has 0 aromatic carbocycles. The molecule has 0 aromatic rings. The van der Waals surface area contributed by atoms with E-state index in [4.69, 9.17) is 0 Å². The minimum Gasteiger partial charge on any atom is -0.438 e. The normalized spacial score (nSPS) is 9.60. The fraction of sp³-hybridized carbons (Fsp3) is 0.800. The molecule has 0 aromatic heterocycles. The van der Waals surface area contributed by atoms with Gasteiger partial charge >= 0.3 is 12.6 Å². The summed E-state index contributed by atoms with van der Waals surface area (Å²) < 4.78 is 17.6. The molecule has 0 heterocycles. The minimum absolute atomic E-state index is 0.839. The van der Waals surface area contributed by atoms with Crippen LogP contribution in [0, 0.1) is 0 Å². The first kappa shape index (κ1) is 9.19. The predicted octanol–water partition coefficient (Wildman–Crippen LogP) is 0.346. The van der Waals surface area contributed by atoms with Crippen molar-refractivity contribution in [3.8, 4) is 0 Å². The van der Waals surface area contributed by atoms with Gasteiger partial charge < -0.3 is 18.9 Å². The quantitative estimate of drug-likeness (QED) is 0.429. The van der Waals surface area contributed by atoms with E-state index in [0.29, 0.717) is 0 Å². The summed E-state index contributed by atoms with van der Waals surface area (Å²) in [6.07, 6.45) is -0.839. The Morgan fingerprint density at radius 3 is 2.00 bits per heavy atom. The molecule has 0 bridgehead atoms. The number of hydrogen-bond acceptors (Lipinski definition) is 5. The average Bonchev–Trinajstić information content (AvgIpc) is 1.99. The highest BCUT2D eigenvalue weighted by atomic mass is 16.9. The highest BCUT2D eigenvalue weighted by molar-refractivity contribution is 5.59. The van der Waals surface area contributed by atoms with Gasteiger partial charge in [-0.15, -0.1) is 0 Å². The van der Waals surface area contributed by atoms with E-state index >= 15 is 0 Å². The van der Waals surface area contributed by atoms with Crippen molar-refractivity contribution in [1.82, 2.24) is 0 Å². The smallest absolute Gasteiger partial charge is 0.438 e. The molecule has 0 N–H and O–H groups in total. The summed E-state index contributed by atoms with van der Waals surface area (Å²) in [6.45, 7) is -0.993. The van der Waals surface area contributed by atoms with Gasteiger partial charge in [-0.05, 0) is 0 Å². The van der Waals surface area contributed by atoms with E-state index in [-0.39, 0.29) is 0 Å². The molecule has 0 spiro atoms. The number of methoxy groups -OCH3 is 3. The second kappa shape index (κ2) is 5.01. The molecular weight excluding hydrogens is 140 g/mol. The van der Waals surface area contributed by atoms with Crippen LogP contribution >= 0.6 is 0 Å². The van der Waals surface area contributed by atoms with E-state index in [0.717, 1.165) is 0 Å². The van der Waals surface area contributed by atoms with E-state index in [1.54, 1.807) is 0 Å². The van der Waals surface area contributed by atoms with Gasteiger partial charge in [-0.1, -0.05) is 0 Å². The van der Waals surface area contributed by atoms with E-state index in [9.17, 15) is 4.79 Å². The molecular formula is C5H10O5. The van der Waals surface area contributed by atoms with Gasteiger partial charge in [-0.3, -0.25) is 0 Å². The summed E-state index contributed by atoms with van der Waals surface area (Å²) in [6, 6.07) is 0. The molecule has 0 saturated carbocycles. The second-order valence-corrected chi connectivity index (χ2v) is 1.33. The standard InChI is InChI=1S/C5H10O5/c1-7-4(6)10-5(8-2)9-3/h5H,1-3H3. The Morgan fingerprint density at radius 2 is 1.70 bits per heavy atom. The first-order valence-electron chi connectivity index (χ1n) is 2.54. The summed E-state index contributed by atoms with van der Waals surface area (Å²) in [7, 11) is 3.89. The van der Waals surface area contributed by atoms with Gasteiger partial charge in [0.05, 0.1) is 7.11 Å². The van der Waals surface area contributed by atoms with Gasteiger partial charge in [0.15, 0.2) is 0 Å². The maximum absolute atomic E-state index is 10.3. The van der Waals surface area contributed by atoms with Gasteiger partial charge in [-0.25, -0.2) is 4.79 Å². The van der Waals surface area contributed by atoms with E-state index in [1.807, 2.05) is 0 Å². The van der Waals surface area contributed by atoms with Gasteiger partial charge in [-0.2, -0.15) is 0 Å². The third-order valence-electron chi connectivity index (χ3n) is 0.744. The number of carbonyl (C=O) groups is 1. The maximum Gasteiger partial charge on any atom is 0.512 e. The van der Waals surface area contributed by atoms with Crippen LogP contribution in [0.4, 0.5) is 4.79 Å². The Kier molecular flexibility index (Phi) is 4.61. The molecule has 0 aliphatic heterocycles. The molecule has 0 radical (unpaired) electrons. The van der Waals surface area contributed by atoms with Crippen LogP contribution in [-0.4, -0.2) is 34.0 Å². The lowest BCUT2D eigenvalue weighted by Crippen LogP contribution is -2.21. The zero-order chi connectivity index (χ0) is 7.98. The van der Waals surface area contributed by atoms with Crippen LogP contribution < -0.4 is 0 Å². The van der Waals surface area contributed by atoms with Crippen LogP contribution in [-0.2, 0) is 18.9 Å². The van der Waals surface area contributed by atoms with Crippen LogP contribution in [0.3, 0.4) is 0 Å². The van der Waals surface area contributed by atoms with Gasteiger partial charge in [0.2, 0.25) is 0 Å². The lowest BCUT2D eigenvalue weighted by molar-refractivity contribution is -0.242. The third kappa shape index (κ3) is 3.26. The lowest BCUT2D eigenvalue weighted by atomic mass is 11.1. The van der Waals surface area contributed by atoms with E-state index in [1.165, 1.54) is 21.3 Å². The third-order valence-corrected chi connectivity index (χ3v) is 0.744. The van der Waals surface area contributed by atoms with Crippen molar-refractivity contribution in [3.63, 3.8) is 0 Å². The number of rotatable bonds is 3. The Bertz CT molecular complexity index is 98.2. The van der Waals surface area contributed by atoms with Gasteiger partial charge in [0.1, 0.15) is 0 Å². The molecule has 0 rings (SSSR count). The largest absolute Gasteiger partial charge is 0.512 e. The molecule has 0 saturated heterocycles. The Labute approximate surface area is 58.8 Å². The number of carbonyl (C=O) groups excluding carboxylic acids is 1. The van der Waals surface area contributed by atoms with Crippen molar-refractivity contribution in [2.75, 3.05) is 21.3 Å². The SMILES string of the molecule is COC(=O)OC(OC)OC. The molecule has 0 fully saturated rings. The van der Waals surface area contributed by atoms with Gasteiger partial charge in [0.25, 0.3) is 0 Å². The zero-order valence-corrected chi connectivity index (χ0v) is 6.12. The first-order chi connectivity index (χ1) is 4.74. The predicted molar refractivity (Wildman–Crippen MR) is 31.3 cm³/mol. The van der Waals surface area contributed by atoms with E-state index in [2.05, 4.69) is 18.9 Å². The monoisotopic (exact) mass is 150 g/mol. The summed E-state index contributed by atoms with van der Waals surface area (Å²) >= 11 is 0. The molecule has 0 amide bonds. The average molecular weight is 150 g/mol. The fourth-order valence-corrected chi connectivity index (χ4v) is 0.319. The van der Waals surface area contributed by atoms with Crippen LogP contribution in [0.1, 0.15) is 0 Å². The summed E-state index contributed by atoms with van der Waals surface area (Å²) in [5.74, 6) is 0. The van der Waals surface area contributed by atoms with Crippen LogP contribution in [0.5, 0.6) is 0 Å². The van der Waals surface area contributed by atoms with Crippen LogP contribution in [0.15, 0.2) is 0 Å². The van der Waals surface area contributed by atoms with Crippen molar-refractivity contribution in [2.45, 2.75) is 6.48 Å². The summed E-state index contributed by atoms with van der Waals surface area (Å²) in [5, 5.41) is 0. The molecule has 5 nitrogen and oxygen atoms in total. The highest BCUT2D eigenvalue weighted by Gasteiger charge is 2.10. The maximum atomic E-state index is 10.3. The minimum atomic E-state index is -0.993. The Morgan fingerprint density at radius 1 is 1.20 bits per heavy atom. The van der Waals surface area contributed by atoms with Gasteiger partial charge in [0, 0.05) is 14.2 Å². The van der Waals surface area contributed by atoms with Crippen molar-refractivity contribution in [1.29, 1.82) is 0 Å². The van der Waals surface area contributed by atoms with Crippen LogP contribution in [0.25, 0.3) is 0 Å². The fourth-order valence-electron chi connectivity index (χ4n) is 0.319. The van der Waals surface area contributed by atoms with Crippen molar-refractivity contribution in [2.24, 2.45) is 0 Å². The summed E-state index contributed by atoms with van der Waals surface area (Å²) in [5.41, 5.74) is 0. The van der Waals surface area contributed by atoms with Crippen molar-refractivity contribution < 1.29 is 23.7 Å². The Balaban J connectivity index is 3.52. The molecule has 0 atom stereocenters.